The molecule has 3 aliphatic heterocycles. The number of aliphatic hydroxyl groups excluding tert-OH is 1. The number of hydrogen-bond acceptors (Lipinski definition) is 5. The van der Waals surface area contributed by atoms with E-state index in [0.29, 0.717) is 12.3 Å². The minimum atomic E-state index is 0.0814. The predicted octanol–water partition coefficient (Wildman–Crippen LogP) is 2.61. The van der Waals surface area contributed by atoms with Crippen LogP contribution in [0, 0.1) is 5.92 Å². The molecule has 0 aromatic heterocycles. The minimum Gasteiger partial charge on any atom is -0.392 e. The lowest BCUT2D eigenvalue weighted by Gasteiger charge is -2.26. The summed E-state index contributed by atoms with van der Waals surface area (Å²) in [5.41, 5.74) is 3.32. The van der Waals surface area contributed by atoms with Gasteiger partial charge in [-0.15, -0.1) is 0 Å². The van der Waals surface area contributed by atoms with Crippen LogP contribution in [0.1, 0.15) is 30.4 Å². The molecule has 1 fully saturated rings. The number of aliphatic imine (C=N–C) groups is 1. The summed E-state index contributed by atoms with van der Waals surface area (Å²) in [5.74, 6) is 0.738. The number of hydrogen-bond donors (Lipinski definition) is 1. The van der Waals surface area contributed by atoms with E-state index in [1.54, 1.807) is 11.8 Å². The Labute approximate surface area is 158 Å². The minimum absolute atomic E-state index is 0.0814. The van der Waals surface area contributed by atoms with Crippen LogP contribution in [0.2, 0.25) is 0 Å². The molecule has 4 rings (SSSR count). The zero-order valence-corrected chi connectivity index (χ0v) is 15.7. The average Bonchev–Trinajstić information content (AvgIpc) is 3.29. The van der Waals surface area contributed by atoms with Crippen molar-refractivity contribution in [3.05, 3.63) is 46.5 Å². The van der Waals surface area contributed by atoms with Crippen LogP contribution >= 0.6 is 11.8 Å². The molecule has 1 aromatic rings. The van der Waals surface area contributed by atoms with Gasteiger partial charge in [0.1, 0.15) is 0 Å². The highest BCUT2D eigenvalue weighted by Gasteiger charge is 2.30. The van der Waals surface area contributed by atoms with Gasteiger partial charge in [0.15, 0.2) is 5.17 Å². The van der Waals surface area contributed by atoms with E-state index < -0.39 is 0 Å². The lowest BCUT2D eigenvalue weighted by atomic mass is 9.97. The fourth-order valence-corrected chi connectivity index (χ4v) is 4.91. The van der Waals surface area contributed by atoms with E-state index in [4.69, 9.17) is 0 Å². The first-order chi connectivity index (χ1) is 12.7. The first-order valence-corrected chi connectivity index (χ1v) is 10.2. The molecular weight excluding hydrogens is 346 g/mol. The third-order valence-corrected chi connectivity index (χ3v) is 6.28. The Morgan fingerprint density at radius 2 is 2.19 bits per heavy atom. The second kappa shape index (κ2) is 7.84. The summed E-state index contributed by atoms with van der Waals surface area (Å²) >= 11 is 1.65. The van der Waals surface area contributed by atoms with Crippen molar-refractivity contribution in [1.82, 2.24) is 9.80 Å². The van der Waals surface area contributed by atoms with Gasteiger partial charge in [0.2, 0.25) is 5.91 Å². The van der Waals surface area contributed by atoms with E-state index in [-0.39, 0.29) is 12.5 Å². The number of rotatable bonds is 5. The van der Waals surface area contributed by atoms with Crippen molar-refractivity contribution in [2.75, 3.05) is 26.2 Å². The van der Waals surface area contributed by atoms with Crippen LogP contribution in [-0.2, 0) is 17.8 Å². The number of amidine groups is 1. The summed E-state index contributed by atoms with van der Waals surface area (Å²) in [4.78, 5) is 21.5. The largest absolute Gasteiger partial charge is 0.392 e. The Balaban J connectivity index is 1.31. The molecule has 0 unspecified atom stereocenters. The first-order valence-electron chi connectivity index (χ1n) is 9.37. The van der Waals surface area contributed by atoms with Gasteiger partial charge in [-0.05, 0) is 41.7 Å². The number of carbonyl (C=O) groups is 1. The second-order valence-electron chi connectivity index (χ2n) is 7.25. The van der Waals surface area contributed by atoms with Gasteiger partial charge in [-0.1, -0.05) is 36.0 Å². The summed E-state index contributed by atoms with van der Waals surface area (Å²) in [7, 11) is 0. The number of carbonyl (C=O) groups excluding carboxylic acids is 1. The lowest BCUT2D eigenvalue weighted by molar-refractivity contribution is -0.129. The van der Waals surface area contributed by atoms with Crippen molar-refractivity contribution in [2.45, 2.75) is 32.3 Å². The molecule has 3 heterocycles. The monoisotopic (exact) mass is 371 g/mol. The number of thioether (sulfide) groups is 1. The van der Waals surface area contributed by atoms with Crippen LogP contribution in [-0.4, -0.2) is 52.2 Å². The number of nitrogens with zero attached hydrogens (tertiary/aromatic N) is 3. The Kier molecular flexibility index (Phi) is 5.31. The molecule has 0 saturated carbocycles. The summed E-state index contributed by atoms with van der Waals surface area (Å²) in [6.07, 6.45) is 3.57. The molecule has 0 bridgehead atoms. The van der Waals surface area contributed by atoms with E-state index in [1.807, 2.05) is 17.0 Å². The molecule has 1 saturated heterocycles. The smallest absolute Gasteiger partial charge is 0.228 e. The van der Waals surface area contributed by atoms with Crippen LogP contribution in [0.5, 0.6) is 0 Å². The van der Waals surface area contributed by atoms with E-state index in [0.717, 1.165) is 61.9 Å². The number of aliphatic hydroxyl groups is 1. The van der Waals surface area contributed by atoms with E-state index in [2.05, 4.69) is 27.4 Å². The van der Waals surface area contributed by atoms with Gasteiger partial charge in [0.25, 0.3) is 0 Å². The molecule has 26 heavy (non-hydrogen) atoms. The normalized spacial score (nSPS) is 22.3. The number of likely N-dealkylation sites (tertiary alicyclic amines) is 1. The molecule has 5 nitrogen and oxygen atoms in total. The second-order valence-corrected chi connectivity index (χ2v) is 8.09. The van der Waals surface area contributed by atoms with Gasteiger partial charge >= 0.3 is 0 Å². The summed E-state index contributed by atoms with van der Waals surface area (Å²) in [5, 5.41) is 12.4. The average molecular weight is 372 g/mol. The fourth-order valence-electron chi connectivity index (χ4n) is 3.95. The Hall–Kier alpha value is -1.79. The van der Waals surface area contributed by atoms with Crippen molar-refractivity contribution in [2.24, 2.45) is 10.9 Å². The number of amides is 1. The third-order valence-electron chi connectivity index (χ3n) is 5.33. The van der Waals surface area contributed by atoms with E-state index in [9.17, 15) is 9.90 Å². The molecular formula is C20H25N3O2S. The van der Waals surface area contributed by atoms with Gasteiger partial charge in [-0.2, -0.15) is 0 Å². The Morgan fingerprint density at radius 1 is 1.31 bits per heavy atom. The van der Waals surface area contributed by atoms with Crippen LogP contribution in [0.25, 0.3) is 0 Å². The highest BCUT2D eigenvalue weighted by molar-refractivity contribution is 8.16. The lowest BCUT2D eigenvalue weighted by Crippen LogP contribution is -2.34. The molecule has 0 radical (unpaired) electrons. The van der Waals surface area contributed by atoms with Crippen molar-refractivity contribution in [3.63, 3.8) is 0 Å². The molecule has 1 atom stereocenters. The zero-order valence-electron chi connectivity index (χ0n) is 14.9. The van der Waals surface area contributed by atoms with Gasteiger partial charge < -0.3 is 14.9 Å². The standard InChI is InChI=1S/C20H25N3O2S/c24-13-17-4-1-3-15(10-17)9-16-5-8-22(12-16)19(25)11-18-14-26-20-21-6-2-7-23(18)20/h1,3-4,10,14,16,24H,2,5-9,11-13H2/t16-/m0/s1. The molecule has 1 N–H and O–H groups in total. The highest BCUT2D eigenvalue weighted by atomic mass is 32.2. The van der Waals surface area contributed by atoms with Gasteiger partial charge in [0, 0.05) is 31.9 Å². The van der Waals surface area contributed by atoms with Crippen molar-refractivity contribution in [1.29, 1.82) is 0 Å². The topological polar surface area (TPSA) is 56.1 Å². The maximum Gasteiger partial charge on any atom is 0.228 e. The predicted molar refractivity (Wildman–Crippen MR) is 105 cm³/mol. The highest BCUT2D eigenvalue weighted by Crippen LogP contribution is 2.31. The van der Waals surface area contributed by atoms with Crippen molar-refractivity contribution in [3.8, 4) is 0 Å². The maximum atomic E-state index is 12.8. The molecule has 3 aliphatic rings. The first kappa shape index (κ1) is 17.6. The molecule has 0 spiro atoms. The third kappa shape index (κ3) is 3.81. The molecule has 6 heteroatoms. The quantitative estimate of drug-likeness (QED) is 0.864. The SMILES string of the molecule is O=C(CC1=CSC2=NCCCN12)N1CC[C@@H](Cc2cccc(CO)c2)C1. The molecule has 138 valence electrons. The van der Waals surface area contributed by atoms with E-state index in [1.165, 1.54) is 5.56 Å². The van der Waals surface area contributed by atoms with Gasteiger partial charge in [-0.25, -0.2) is 0 Å². The van der Waals surface area contributed by atoms with Crippen LogP contribution in [0.4, 0.5) is 0 Å². The Morgan fingerprint density at radius 3 is 3.08 bits per heavy atom. The Bertz CT molecular complexity index is 746. The zero-order chi connectivity index (χ0) is 17.9. The van der Waals surface area contributed by atoms with E-state index >= 15 is 0 Å². The van der Waals surface area contributed by atoms with Crippen molar-refractivity contribution < 1.29 is 9.90 Å². The fraction of sp³-hybridized carbons (Fsp3) is 0.500. The van der Waals surface area contributed by atoms with Gasteiger partial charge in [-0.3, -0.25) is 9.79 Å². The van der Waals surface area contributed by atoms with Crippen LogP contribution in [0.3, 0.4) is 0 Å². The number of fused-ring (bicyclic) bond motifs is 1. The maximum absolute atomic E-state index is 12.8. The summed E-state index contributed by atoms with van der Waals surface area (Å²) in [6, 6.07) is 8.13. The van der Waals surface area contributed by atoms with Crippen LogP contribution < -0.4 is 0 Å². The molecule has 1 aromatic carbocycles. The molecule has 0 aliphatic carbocycles. The van der Waals surface area contributed by atoms with Gasteiger partial charge in [0.05, 0.1) is 13.0 Å². The number of benzene rings is 1. The summed E-state index contributed by atoms with van der Waals surface area (Å²) < 4.78 is 0. The van der Waals surface area contributed by atoms with Crippen molar-refractivity contribution >= 4 is 22.8 Å². The van der Waals surface area contributed by atoms with Crippen LogP contribution in [0.15, 0.2) is 40.4 Å². The molecule has 1 amide bonds. The summed E-state index contributed by atoms with van der Waals surface area (Å²) in [6.45, 7) is 3.65.